The molecule has 1 aromatic rings. The number of rotatable bonds is 4. The maximum absolute atomic E-state index is 10.9. The number of hydrogen-bond acceptors (Lipinski definition) is 5. The van der Waals surface area contributed by atoms with Crippen molar-refractivity contribution < 1.29 is 19.9 Å². The van der Waals surface area contributed by atoms with Crippen LogP contribution in [0.5, 0.6) is 0 Å². The van der Waals surface area contributed by atoms with Gasteiger partial charge in [-0.25, -0.2) is 0 Å². The number of para-hydroxylation sites is 1. The highest BCUT2D eigenvalue weighted by Crippen LogP contribution is 2.26. The zero-order valence-corrected chi connectivity index (χ0v) is 9.73. The molecule has 1 saturated heterocycles. The Morgan fingerprint density at radius 1 is 1.44 bits per heavy atom. The minimum atomic E-state index is -0.706. The van der Waals surface area contributed by atoms with Gasteiger partial charge in [0, 0.05) is 24.5 Å². The number of aliphatic hydroxyl groups excluding tert-OH is 2. The first kappa shape index (κ1) is 12.9. The fraction of sp³-hybridized carbons (Fsp3) is 0.500. The third kappa shape index (κ3) is 2.66. The lowest BCUT2D eigenvalue weighted by atomic mass is 10.0. The third-order valence-electron chi connectivity index (χ3n) is 3.12. The van der Waals surface area contributed by atoms with E-state index in [1.165, 1.54) is 6.07 Å². The minimum Gasteiger partial charge on any atom is -0.394 e. The smallest absolute Gasteiger partial charge is 0.272 e. The third-order valence-corrected chi connectivity index (χ3v) is 3.12. The first-order chi connectivity index (χ1) is 8.61. The van der Waals surface area contributed by atoms with E-state index in [2.05, 4.69) is 0 Å². The Morgan fingerprint density at radius 2 is 2.17 bits per heavy atom. The number of benzene rings is 1. The zero-order valence-electron chi connectivity index (χ0n) is 9.73. The van der Waals surface area contributed by atoms with Gasteiger partial charge in [-0.2, -0.15) is 0 Å². The van der Waals surface area contributed by atoms with Crippen molar-refractivity contribution in [1.29, 1.82) is 0 Å². The molecule has 1 aliphatic rings. The fourth-order valence-electron chi connectivity index (χ4n) is 2.22. The molecule has 1 aliphatic heterocycles. The Hall–Kier alpha value is -1.50. The second-order valence-corrected chi connectivity index (χ2v) is 4.37. The Labute approximate surface area is 104 Å². The van der Waals surface area contributed by atoms with Crippen molar-refractivity contribution in [3.05, 3.63) is 39.9 Å². The van der Waals surface area contributed by atoms with E-state index >= 15 is 0 Å². The van der Waals surface area contributed by atoms with Gasteiger partial charge in [0.15, 0.2) is 0 Å². The van der Waals surface area contributed by atoms with Crippen LogP contribution < -0.4 is 0 Å². The second-order valence-electron chi connectivity index (χ2n) is 4.37. The molecule has 0 saturated carbocycles. The van der Waals surface area contributed by atoms with Crippen LogP contribution in [0.1, 0.15) is 12.0 Å². The molecule has 6 heteroatoms. The van der Waals surface area contributed by atoms with E-state index in [1.807, 2.05) is 0 Å². The van der Waals surface area contributed by atoms with Gasteiger partial charge in [-0.15, -0.1) is 0 Å². The second kappa shape index (κ2) is 5.43. The van der Waals surface area contributed by atoms with E-state index in [0.717, 1.165) is 0 Å². The lowest BCUT2D eigenvalue weighted by Gasteiger charge is -2.12. The standard InChI is InChI=1S/C12H15NO5/c14-7-12-11(15)6-9(18-12)5-8-3-1-2-4-10(8)13(16)17/h1-4,9,11-12,14-15H,5-7H2/t9-,11-,12+/m0/s1. The molecule has 2 rings (SSSR count). The zero-order chi connectivity index (χ0) is 13.1. The molecule has 3 atom stereocenters. The van der Waals surface area contributed by atoms with Crippen LogP contribution in [-0.2, 0) is 11.2 Å². The highest BCUT2D eigenvalue weighted by atomic mass is 16.6. The number of nitrogens with zero attached hydrogens (tertiary/aromatic N) is 1. The van der Waals surface area contributed by atoms with Gasteiger partial charge in [-0.1, -0.05) is 18.2 Å². The lowest BCUT2D eigenvalue weighted by molar-refractivity contribution is -0.385. The van der Waals surface area contributed by atoms with Crippen LogP contribution in [0.2, 0.25) is 0 Å². The lowest BCUT2D eigenvalue weighted by Crippen LogP contribution is -2.24. The molecule has 98 valence electrons. The fourth-order valence-corrected chi connectivity index (χ4v) is 2.22. The Morgan fingerprint density at radius 3 is 2.78 bits per heavy atom. The molecule has 2 N–H and O–H groups in total. The van der Waals surface area contributed by atoms with Crippen LogP contribution in [0.3, 0.4) is 0 Å². The Balaban J connectivity index is 2.09. The molecule has 0 spiro atoms. The highest BCUT2D eigenvalue weighted by Gasteiger charge is 2.34. The predicted molar refractivity (Wildman–Crippen MR) is 63.2 cm³/mol. The summed E-state index contributed by atoms with van der Waals surface area (Å²) in [5, 5.41) is 29.4. The maximum atomic E-state index is 10.9. The minimum absolute atomic E-state index is 0.0584. The van der Waals surface area contributed by atoms with Crippen LogP contribution in [0.4, 0.5) is 5.69 Å². The van der Waals surface area contributed by atoms with Gasteiger partial charge < -0.3 is 14.9 Å². The van der Waals surface area contributed by atoms with Crippen LogP contribution in [0.25, 0.3) is 0 Å². The summed E-state index contributed by atoms with van der Waals surface area (Å²) >= 11 is 0. The number of aliphatic hydroxyl groups is 2. The summed E-state index contributed by atoms with van der Waals surface area (Å²) in [6, 6.07) is 6.48. The van der Waals surface area contributed by atoms with Crippen molar-refractivity contribution in [3.8, 4) is 0 Å². The predicted octanol–water partition coefficient (Wildman–Crippen LogP) is 0.648. The molecule has 1 fully saturated rings. The number of nitro groups is 1. The summed E-state index contributed by atoms with van der Waals surface area (Å²) in [4.78, 5) is 10.4. The van der Waals surface area contributed by atoms with Crippen molar-refractivity contribution in [3.63, 3.8) is 0 Å². The molecule has 0 aromatic heterocycles. The quantitative estimate of drug-likeness (QED) is 0.607. The van der Waals surface area contributed by atoms with E-state index in [1.54, 1.807) is 18.2 Å². The molecule has 0 unspecified atom stereocenters. The van der Waals surface area contributed by atoms with Crippen molar-refractivity contribution in [1.82, 2.24) is 0 Å². The first-order valence-corrected chi connectivity index (χ1v) is 5.78. The largest absolute Gasteiger partial charge is 0.394 e. The summed E-state index contributed by atoms with van der Waals surface area (Å²) in [6.07, 6.45) is -0.832. The molecular formula is C12H15NO5. The van der Waals surface area contributed by atoms with E-state index in [0.29, 0.717) is 18.4 Å². The SMILES string of the molecule is O=[N+]([O-])c1ccccc1C[C@H]1C[C@H](O)[C@@H](CO)O1. The van der Waals surface area contributed by atoms with Crippen molar-refractivity contribution in [2.24, 2.45) is 0 Å². The van der Waals surface area contributed by atoms with E-state index in [9.17, 15) is 15.2 Å². The molecule has 0 amide bonds. The van der Waals surface area contributed by atoms with Crippen LogP contribution >= 0.6 is 0 Å². The van der Waals surface area contributed by atoms with E-state index < -0.39 is 17.1 Å². The molecular weight excluding hydrogens is 238 g/mol. The maximum Gasteiger partial charge on any atom is 0.272 e. The average molecular weight is 253 g/mol. The number of nitro benzene ring substituents is 1. The highest BCUT2D eigenvalue weighted by molar-refractivity contribution is 5.40. The monoisotopic (exact) mass is 253 g/mol. The molecule has 0 bridgehead atoms. The summed E-state index contributed by atoms with van der Waals surface area (Å²) in [6.45, 7) is -0.242. The van der Waals surface area contributed by atoms with Gasteiger partial charge in [0.1, 0.15) is 6.10 Å². The summed E-state index contributed by atoms with van der Waals surface area (Å²) < 4.78 is 5.44. The summed E-state index contributed by atoms with van der Waals surface area (Å²) in [5.74, 6) is 0. The van der Waals surface area contributed by atoms with E-state index in [4.69, 9.17) is 9.84 Å². The molecule has 6 nitrogen and oxygen atoms in total. The van der Waals surface area contributed by atoms with Gasteiger partial charge in [0.2, 0.25) is 0 Å². The molecule has 1 aromatic carbocycles. The van der Waals surface area contributed by atoms with Crippen LogP contribution in [0.15, 0.2) is 24.3 Å². The van der Waals surface area contributed by atoms with Gasteiger partial charge in [-0.05, 0) is 0 Å². The topological polar surface area (TPSA) is 92.8 Å². The Bertz CT molecular complexity index is 436. The molecule has 0 aliphatic carbocycles. The first-order valence-electron chi connectivity index (χ1n) is 5.78. The number of hydrogen-bond donors (Lipinski definition) is 2. The molecule has 18 heavy (non-hydrogen) atoms. The molecule has 1 heterocycles. The van der Waals surface area contributed by atoms with Crippen LogP contribution in [-0.4, -0.2) is 40.1 Å². The molecule has 0 radical (unpaired) electrons. The van der Waals surface area contributed by atoms with Gasteiger partial charge >= 0.3 is 0 Å². The van der Waals surface area contributed by atoms with Crippen molar-refractivity contribution in [2.45, 2.75) is 31.2 Å². The Kier molecular flexibility index (Phi) is 3.90. The van der Waals surface area contributed by atoms with E-state index in [-0.39, 0.29) is 18.4 Å². The van der Waals surface area contributed by atoms with Gasteiger partial charge in [0.25, 0.3) is 5.69 Å². The van der Waals surface area contributed by atoms with Crippen LogP contribution in [0, 0.1) is 10.1 Å². The number of ether oxygens (including phenoxy) is 1. The van der Waals surface area contributed by atoms with Gasteiger partial charge in [0.05, 0.1) is 23.7 Å². The normalized spacial score (nSPS) is 27.3. The average Bonchev–Trinajstić information content (AvgIpc) is 2.70. The van der Waals surface area contributed by atoms with Gasteiger partial charge in [-0.3, -0.25) is 10.1 Å². The van der Waals surface area contributed by atoms with Crippen molar-refractivity contribution >= 4 is 5.69 Å². The summed E-state index contributed by atoms with van der Waals surface area (Å²) in [5.41, 5.74) is 0.640. The van der Waals surface area contributed by atoms with Crippen molar-refractivity contribution in [2.75, 3.05) is 6.61 Å². The summed E-state index contributed by atoms with van der Waals surface area (Å²) in [7, 11) is 0.